The third kappa shape index (κ3) is 7.48. The van der Waals surface area contributed by atoms with Crippen LogP contribution >= 0.6 is 0 Å². The fraction of sp³-hybridized carbons (Fsp3) is 0. The van der Waals surface area contributed by atoms with Crippen LogP contribution in [0.4, 0.5) is 42.9 Å². The molecule has 12 rings (SSSR count). The van der Waals surface area contributed by atoms with Crippen molar-refractivity contribution in [2.75, 3.05) is 9.80 Å². The molecule has 0 saturated carbocycles. The van der Waals surface area contributed by atoms with Gasteiger partial charge in [-0.1, -0.05) is 170 Å². The Balaban J connectivity index is 1.11. The molecule has 2 nitrogen and oxygen atoms in total. The summed E-state index contributed by atoms with van der Waals surface area (Å²) in [6, 6.07) is 86.0. The number of hydrogen-bond donors (Lipinski definition) is 0. The van der Waals surface area contributed by atoms with E-state index in [0.29, 0.717) is 11.4 Å². The van der Waals surface area contributed by atoms with Gasteiger partial charge < -0.3 is 9.80 Å². The number of nitrogens with zero attached hydrogens (tertiary/aromatic N) is 2. The van der Waals surface area contributed by atoms with E-state index in [9.17, 15) is 0 Å². The lowest BCUT2D eigenvalue weighted by Crippen LogP contribution is -2.12. The Labute approximate surface area is 394 Å². The average molecular weight is 877 g/mol. The van der Waals surface area contributed by atoms with Crippen LogP contribution in [-0.2, 0) is 0 Å². The van der Waals surface area contributed by atoms with Crippen molar-refractivity contribution in [2.45, 2.75) is 0 Å². The van der Waals surface area contributed by atoms with E-state index < -0.39 is 0 Å². The minimum Gasteiger partial charge on any atom is -0.310 e. The summed E-state index contributed by atoms with van der Waals surface area (Å²) in [6.07, 6.45) is 0. The first kappa shape index (κ1) is 40.6. The second-order valence-electron chi connectivity index (χ2n) is 17.2. The Kier molecular flexibility index (Phi) is 10.3. The molecule has 0 heterocycles. The molecule has 0 atom stereocenters. The van der Waals surface area contributed by atoms with E-state index in [1.807, 2.05) is 36.4 Å². The van der Waals surface area contributed by atoms with E-state index in [-0.39, 0.29) is 11.6 Å². The molecule has 0 aliphatic rings. The summed E-state index contributed by atoms with van der Waals surface area (Å²) in [7, 11) is 0. The minimum atomic E-state index is -0.318. The molecule has 68 heavy (non-hydrogen) atoms. The van der Waals surface area contributed by atoms with Crippen LogP contribution in [0, 0.1) is 11.6 Å². The fourth-order valence-electron chi connectivity index (χ4n) is 9.91. The molecule has 12 aromatic carbocycles. The zero-order chi connectivity index (χ0) is 45.6. The first-order chi connectivity index (χ1) is 33.5. The second-order valence-corrected chi connectivity index (χ2v) is 17.2. The zero-order valence-corrected chi connectivity index (χ0v) is 36.9. The van der Waals surface area contributed by atoms with Gasteiger partial charge in [-0.25, -0.2) is 8.78 Å². The van der Waals surface area contributed by atoms with E-state index in [0.717, 1.165) is 99.6 Å². The Morgan fingerprint density at radius 1 is 0.235 bits per heavy atom. The van der Waals surface area contributed by atoms with Gasteiger partial charge in [-0.3, -0.25) is 0 Å². The van der Waals surface area contributed by atoms with Gasteiger partial charge >= 0.3 is 0 Å². The summed E-state index contributed by atoms with van der Waals surface area (Å²) in [6.45, 7) is 0. The van der Waals surface area contributed by atoms with Crippen LogP contribution in [0.2, 0.25) is 0 Å². The van der Waals surface area contributed by atoms with E-state index in [4.69, 9.17) is 0 Å². The first-order valence-electron chi connectivity index (χ1n) is 22.9. The van der Waals surface area contributed by atoms with Crippen molar-refractivity contribution in [2.24, 2.45) is 0 Å². The molecule has 0 saturated heterocycles. The topological polar surface area (TPSA) is 6.48 Å². The first-order valence-corrected chi connectivity index (χ1v) is 22.9. The van der Waals surface area contributed by atoms with Crippen molar-refractivity contribution in [3.05, 3.63) is 266 Å². The predicted octanol–water partition coefficient (Wildman–Crippen LogP) is 18.5. The number of benzene rings is 12. The maximum Gasteiger partial charge on any atom is 0.125 e. The summed E-state index contributed by atoms with van der Waals surface area (Å²) < 4.78 is 31.0. The largest absolute Gasteiger partial charge is 0.310 e. The smallest absolute Gasteiger partial charge is 0.125 e. The molecule has 0 aromatic heterocycles. The maximum absolute atomic E-state index is 15.5. The van der Waals surface area contributed by atoms with Crippen LogP contribution in [0.3, 0.4) is 0 Å². The number of halogens is 2. The van der Waals surface area contributed by atoms with Crippen molar-refractivity contribution in [3.8, 4) is 44.5 Å². The summed E-state index contributed by atoms with van der Waals surface area (Å²) in [4.78, 5) is 4.38. The lowest BCUT2D eigenvalue weighted by Gasteiger charge is -2.30. The lowest BCUT2D eigenvalue weighted by atomic mass is 9.91. The van der Waals surface area contributed by atoms with Gasteiger partial charge in [0.05, 0.1) is 11.4 Å². The number of rotatable bonds is 10. The summed E-state index contributed by atoms with van der Waals surface area (Å²) >= 11 is 0. The quantitative estimate of drug-likeness (QED) is 0.126. The third-order valence-electron chi connectivity index (χ3n) is 13.0. The molecular formula is C64H42F2N2. The van der Waals surface area contributed by atoms with Crippen molar-refractivity contribution < 1.29 is 8.78 Å². The predicted molar refractivity (Wildman–Crippen MR) is 281 cm³/mol. The second kappa shape index (κ2) is 17.2. The molecule has 0 unspecified atom stereocenters. The van der Waals surface area contributed by atoms with Crippen LogP contribution in [0.25, 0.3) is 76.8 Å². The van der Waals surface area contributed by atoms with Crippen molar-refractivity contribution in [1.82, 2.24) is 0 Å². The van der Waals surface area contributed by atoms with Gasteiger partial charge in [-0.05, 0) is 151 Å². The number of anilines is 6. The van der Waals surface area contributed by atoms with Crippen LogP contribution in [0.5, 0.6) is 0 Å². The van der Waals surface area contributed by atoms with Crippen molar-refractivity contribution in [1.29, 1.82) is 0 Å². The Morgan fingerprint density at radius 2 is 0.559 bits per heavy atom. The van der Waals surface area contributed by atoms with E-state index in [2.05, 4.69) is 192 Å². The molecule has 0 radical (unpaired) electrons. The Hall–Kier alpha value is -8.86. The molecule has 0 N–H and O–H groups in total. The van der Waals surface area contributed by atoms with Crippen LogP contribution in [0.15, 0.2) is 255 Å². The van der Waals surface area contributed by atoms with Crippen LogP contribution in [-0.4, -0.2) is 0 Å². The summed E-state index contributed by atoms with van der Waals surface area (Å²) in [5, 5.41) is 6.37. The highest BCUT2D eigenvalue weighted by Crippen LogP contribution is 2.49. The highest BCUT2D eigenvalue weighted by atomic mass is 19.1. The molecule has 0 bridgehead atoms. The molecular weight excluding hydrogens is 835 g/mol. The van der Waals surface area contributed by atoms with Gasteiger partial charge in [0.25, 0.3) is 0 Å². The molecule has 4 heteroatoms. The molecule has 0 spiro atoms. The molecule has 322 valence electrons. The SMILES string of the molecule is Fc1cccc(N(c2cc(-c3ccccc3)cc(-c3ccccc3)c2)c2ccc3ccc4c(N(c5cccc(F)c5)c5cc(-c6ccccc6)cc(-c6ccccc6)c5)ccc5ccc2c3c54)c1. The van der Waals surface area contributed by atoms with Gasteiger partial charge in [-0.15, -0.1) is 0 Å². The third-order valence-corrected chi connectivity index (χ3v) is 13.0. The minimum absolute atomic E-state index is 0.318. The van der Waals surface area contributed by atoms with Crippen LogP contribution in [0.1, 0.15) is 0 Å². The van der Waals surface area contributed by atoms with Gasteiger partial charge in [0.15, 0.2) is 0 Å². The standard InChI is InChI=1S/C64H42F2N2/c65-53-23-13-25-55(41-53)67(57-37-49(43-15-5-1-6-16-43)35-50(38-57)44-17-7-2-8-18-44)61-33-29-47-28-32-60-62(34-30-48-27-31-59(61)63(47)64(48)60)68(56-26-14-24-54(66)42-56)58-39-51(45-19-9-3-10-20-45)36-52(40-58)46-21-11-4-12-22-46/h1-42H. The zero-order valence-electron chi connectivity index (χ0n) is 36.9. The lowest BCUT2D eigenvalue weighted by molar-refractivity contribution is 0.627. The Bertz CT molecular complexity index is 3400. The number of hydrogen-bond acceptors (Lipinski definition) is 2. The van der Waals surface area contributed by atoms with E-state index in [1.165, 1.54) is 12.1 Å². The van der Waals surface area contributed by atoms with Gasteiger partial charge in [0.2, 0.25) is 0 Å². The van der Waals surface area contributed by atoms with Crippen molar-refractivity contribution >= 4 is 66.4 Å². The van der Waals surface area contributed by atoms with E-state index >= 15 is 8.78 Å². The van der Waals surface area contributed by atoms with Crippen LogP contribution < -0.4 is 9.80 Å². The molecule has 0 amide bonds. The normalized spacial score (nSPS) is 11.4. The molecule has 0 aliphatic carbocycles. The maximum atomic E-state index is 15.5. The fourth-order valence-corrected chi connectivity index (χ4v) is 9.91. The summed E-state index contributed by atoms with van der Waals surface area (Å²) in [5.74, 6) is -0.636. The van der Waals surface area contributed by atoms with Gasteiger partial charge in [0, 0.05) is 33.5 Å². The molecule has 12 aromatic rings. The van der Waals surface area contributed by atoms with Gasteiger partial charge in [-0.2, -0.15) is 0 Å². The summed E-state index contributed by atoms with van der Waals surface area (Å²) in [5.41, 5.74) is 13.6. The Morgan fingerprint density at radius 3 is 0.882 bits per heavy atom. The highest BCUT2D eigenvalue weighted by molar-refractivity contribution is 6.28. The highest BCUT2D eigenvalue weighted by Gasteiger charge is 2.24. The van der Waals surface area contributed by atoms with Gasteiger partial charge in [0.1, 0.15) is 11.6 Å². The molecule has 0 aliphatic heterocycles. The van der Waals surface area contributed by atoms with Crippen molar-refractivity contribution in [3.63, 3.8) is 0 Å². The average Bonchev–Trinajstić information content (AvgIpc) is 3.40. The molecule has 0 fully saturated rings. The van der Waals surface area contributed by atoms with E-state index in [1.54, 1.807) is 24.3 Å². The monoisotopic (exact) mass is 876 g/mol.